The number of nitrogens with one attached hydrogen (secondary N) is 1. The summed E-state index contributed by atoms with van der Waals surface area (Å²) in [5, 5.41) is 6.24. The molecule has 0 fully saturated rings. The summed E-state index contributed by atoms with van der Waals surface area (Å²) < 4.78 is 34.1. The van der Waals surface area contributed by atoms with Crippen LogP contribution in [0.3, 0.4) is 0 Å². The van der Waals surface area contributed by atoms with E-state index in [2.05, 4.69) is 9.82 Å². The summed E-state index contributed by atoms with van der Waals surface area (Å²) in [4.78, 5) is 13.0. The van der Waals surface area contributed by atoms with E-state index >= 15 is 0 Å². The molecule has 1 aromatic carbocycles. The van der Waals surface area contributed by atoms with Crippen molar-refractivity contribution in [3.05, 3.63) is 63.8 Å². The Bertz CT molecular complexity index is 1090. The molecule has 27 heavy (non-hydrogen) atoms. The van der Waals surface area contributed by atoms with Crippen LogP contribution >= 0.6 is 11.3 Å². The zero-order valence-corrected chi connectivity index (χ0v) is 16.5. The van der Waals surface area contributed by atoms with Crippen LogP contribution in [0.4, 0.5) is 0 Å². The van der Waals surface area contributed by atoms with Crippen molar-refractivity contribution in [2.24, 2.45) is 0 Å². The fraction of sp³-hybridized carbons (Fsp3) is 0.222. The molecular formula is C18H19N3O4S2. The maximum Gasteiger partial charge on any atom is 0.266 e. The highest BCUT2D eigenvalue weighted by Gasteiger charge is 2.19. The molecule has 0 saturated carbocycles. The van der Waals surface area contributed by atoms with Crippen LogP contribution in [0.1, 0.15) is 5.56 Å². The monoisotopic (exact) mass is 405 g/mol. The number of ether oxygens (including phenoxy) is 1. The van der Waals surface area contributed by atoms with Gasteiger partial charge in [0.15, 0.2) is 0 Å². The number of thiophene rings is 1. The maximum atomic E-state index is 12.6. The third-order valence-corrected chi connectivity index (χ3v) is 6.24. The molecule has 7 nitrogen and oxygen atoms in total. The second-order valence-electron chi connectivity index (χ2n) is 5.81. The molecule has 0 aliphatic rings. The highest BCUT2D eigenvalue weighted by molar-refractivity contribution is 7.89. The van der Waals surface area contributed by atoms with E-state index in [4.69, 9.17) is 4.74 Å². The van der Waals surface area contributed by atoms with E-state index in [9.17, 15) is 13.2 Å². The van der Waals surface area contributed by atoms with Gasteiger partial charge in [-0.25, -0.2) is 17.8 Å². The summed E-state index contributed by atoms with van der Waals surface area (Å²) in [5.74, 6) is 0.267. The molecule has 142 valence electrons. The molecule has 0 aliphatic heterocycles. The van der Waals surface area contributed by atoms with E-state index in [0.29, 0.717) is 5.69 Å². The summed E-state index contributed by atoms with van der Waals surface area (Å²) >= 11 is 1.52. The summed E-state index contributed by atoms with van der Waals surface area (Å²) in [6, 6.07) is 11.8. The number of rotatable bonds is 7. The Labute approximate surface area is 161 Å². The van der Waals surface area contributed by atoms with Gasteiger partial charge in [0.1, 0.15) is 16.3 Å². The predicted molar refractivity (Wildman–Crippen MR) is 105 cm³/mol. The van der Waals surface area contributed by atoms with Crippen LogP contribution in [0.5, 0.6) is 5.75 Å². The fourth-order valence-corrected chi connectivity index (χ4v) is 4.49. The first-order chi connectivity index (χ1) is 12.9. The first kappa shape index (κ1) is 19.3. The minimum atomic E-state index is -3.78. The molecule has 9 heteroatoms. The van der Waals surface area contributed by atoms with Gasteiger partial charge >= 0.3 is 0 Å². The van der Waals surface area contributed by atoms with Crippen LogP contribution in [-0.2, 0) is 16.6 Å². The summed E-state index contributed by atoms with van der Waals surface area (Å²) in [6.45, 7) is 1.95. The summed E-state index contributed by atoms with van der Waals surface area (Å²) in [5.41, 5.74) is 1.19. The lowest BCUT2D eigenvalue weighted by Gasteiger charge is -2.12. The van der Waals surface area contributed by atoms with Gasteiger partial charge in [0.2, 0.25) is 10.0 Å². The van der Waals surface area contributed by atoms with Crippen LogP contribution < -0.4 is 15.0 Å². The largest absolute Gasteiger partial charge is 0.495 e. The first-order valence-corrected chi connectivity index (χ1v) is 10.5. The predicted octanol–water partition coefficient (Wildman–Crippen LogP) is 2.27. The SMILES string of the molecule is COc1ccc(C)cc1S(=O)(=O)NCCn1nc(-c2cccs2)ccc1=O. The normalized spacial score (nSPS) is 11.5. The molecule has 0 amide bonds. The van der Waals surface area contributed by atoms with Gasteiger partial charge in [-0.3, -0.25) is 4.79 Å². The highest BCUT2D eigenvalue weighted by Crippen LogP contribution is 2.24. The Kier molecular flexibility index (Phi) is 5.73. The van der Waals surface area contributed by atoms with Crippen molar-refractivity contribution in [3.8, 4) is 16.3 Å². The van der Waals surface area contributed by atoms with Crippen molar-refractivity contribution < 1.29 is 13.2 Å². The van der Waals surface area contributed by atoms with Crippen molar-refractivity contribution >= 4 is 21.4 Å². The van der Waals surface area contributed by atoms with Crippen LogP contribution in [0.25, 0.3) is 10.6 Å². The second kappa shape index (κ2) is 8.03. The quantitative estimate of drug-likeness (QED) is 0.651. The standard InChI is InChI=1S/C18H19N3O4S2/c1-13-5-7-15(25-2)17(12-13)27(23,24)19-9-10-21-18(22)8-6-14(20-21)16-4-3-11-26-16/h3-8,11-12,19H,9-10H2,1-2H3. The van der Waals surface area contributed by atoms with Crippen molar-refractivity contribution in [2.75, 3.05) is 13.7 Å². The van der Waals surface area contributed by atoms with E-state index in [-0.39, 0.29) is 29.3 Å². The Morgan fingerprint density at radius 2 is 2.04 bits per heavy atom. The van der Waals surface area contributed by atoms with E-state index in [1.165, 1.54) is 29.2 Å². The lowest BCUT2D eigenvalue weighted by molar-refractivity contribution is 0.402. The third-order valence-electron chi connectivity index (χ3n) is 3.86. The Morgan fingerprint density at radius 3 is 2.74 bits per heavy atom. The minimum absolute atomic E-state index is 0.0280. The van der Waals surface area contributed by atoms with Crippen molar-refractivity contribution in [1.82, 2.24) is 14.5 Å². The molecular weight excluding hydrogens is 386 g/mol. The number of sulfonamides is 1. The molecule has 3 aromatic rings. The van der Waals surface area contributed by atoms with Gasteiger partial charge in [-0.05, 0) is 42.1 Å². The lowest BCUT2D eigenvalue weighted by Crippen LogP contribution is -2.32. The average Bonchev–Trinajstić information content (AvgIpc) is 3.18. The van der Waals surface area contributed by atoms with Crippen LogP contribution in [0, 0.1) is 6.92 Å². The van der Waals surface area contributed by atoms with Crippen molar-refractivity contribution in [1.29, 1.82) is 0 Å². The van der Waals surface area contributed by atoms with Gasteiger partial charge in [-0.15, -0.1) is 11.3 Å². The highest BCUT2D eigenvalue weighted by atomic mass is 32.2. The molecule has 0 bridgehead atoms. The van der Waals surface area contributed by atoms with Crippen LogP contribution in [0.15, 0.2) is 57.5 Å². The molecule has 0 aliphatic carbocycles. The van der Waals surface area contributed by atoms with Crippen LogP contribution in [-0.4, -0.2) is 31.9 Å². The van der Waals surface area contributed by atoms with Gasteiger partial charge < -0.3 is 4.74 Å². The second-order valence-corrected chi connectivity index (χ2v) is 8.49. The molecule has 0 saturated heterocycles. The van der Waals surface area contributed by atoms with Crippen molar-refractivity contribution in [3.63, 3.8) is 0 Å². The van der Waals surface area contributed by atoms with Gasteiger partial charge in [0.05, 0.1) is 18.5 Å². The van der Waals surface area contributed by atoms with Crippen molar-refractivity contribution in [2.45, 2.75) is 18.4 Å². The third kappa shape index (κ3) is 4.44. The van der Waals surface area contributed by atoms with Crippen LogP contribution in [0.2, 0.25) is 0 Å². The molecule has 0 unspecified atom stereocenters. The van der Waals surface area contributed by atoms with E-state index in [0.717, 1.165) is 10.4 Å². The smallest absolute Gasteiger partial charge is 0.266 e. The molecule has 3 rings (SSSR count). The lowest BCUT2D eigenvalue weighted by atomic mass is 10.2. The number of methoxy groups -OCH3 is 1. The molecule has 0 spiro atoms. The number of aromatic nitrogens is 2. The molecule has 1 N–H and O–H groups in total. The molecule has 2 heterocycles. The number of benzene rings is 1. The number of hydrogen-bond donors (Lipinski definition) is 1. The molecule has 2 aromatic heterocycles. The minimum Gasteiger partial charge on any atom is -0.495 e. The average molecular weight is 406 g/mol. The Morgan fingerprint density at radius 1 is 1.22 bits per heavy atom. The van der Waals surface area contributed by atoms with Gasteiger partial charge in [-0.2, -0.15) is 5.10 Å². The number of aryl methyl sites for hydroxylation is 1. The van der Waals surface area contributed by atoms with Gasteiger partial charge in [0.25, 0.3) is 5.56 Å². The van der Waals surface area contributed by atoms with Gasteiger partial charge in [-0.1, -0.05) is 12.1 Å². The number of nitrogens with zero attached hydrogens (tertiary/aromatic N) is 2. The number of hydrogen-bond acceptors (Lipinski definition) is 6. The first-order valence-electron chi connectivity index (χ1n) is 8.17. The van der Waals surface area contributed by atoms with E-state index in [1.54, 1.807) is 31.2 Å². The Balaban J connectivity index is 1.76. The maximum absolute atomic E-state index is 12.6. The zero-order chi connectivity index (χ0) is 19.4. The molecule has 0 radical (unpaired) electrons. The summed E-state index contributed by atoms with van der Waals surface area (Å²) in [7, 11) is -2.36. The van der Waals surface area contributed by atoms with E-state index < -0.39 is 10.0 Å². The molecule has 0 atom stereocenters. The summed E-state index contributed by atoms with van der Waals surface area (Å²) in [6.07, 6.45) is 0. The zero-order valence-electron chi connectivity index (χ0n) is 14.9. The Hall–Kier alpha value is -2.49. The fourth-order valence-electron chi connectivity index (χ4n) is 2.52. The van der Waals surface area contributed by atoms with Gasteiger partial charge in [0, 0.05) is 12.6 Å². The van der Waals surface area contributed by atoms with E-state index in [1.807, 2.05) is 17.5 Å². The topological polar surface area (TPSA) is 90.3 Å².